The lowest BCUT2D eigenvalue weighted by Crippen LogP contribution is -2.19. The van der Waals surface area contributed by atoms with Crippen molar-refractivity contribution >= 4 is 11.9 Å². The second kappa shape index (κ2) is 5.77. The molecule has 1 heterocycles. The van der Waals surface area contributed by atoms with Crippen molar-refractivity contribution in [3.63, 3.8) is 0 Å². The largest absolute Gasteiger partial charge is 0.478 e. The smallest absolute Gasteiger partial charge is 0.432 e. The van der Waals surface area contributed by atoms with Gasteiger partial charge in [0.2, 0.25) is 0 Å². The minimum atomic E-state index is -4.80. The van der Waals surface area contributed by atoms with E-state index >= 15 is 0 Å². The van der Waals surface area contributed by atoms with Crippen LogP contribution in [0.5, 0.6) is 0 Å². The molecule has 1 aromatic rings. The van der Waals surface area contributed by atoms with Gasteiger partial charge in [-0.1, -0.05) is 0 Å². The average Bonchev–Trinajstić information content (AvgIpc) is 2.70. The third kappa shape index (κ3) is 3.73. The van der Waals surface area contributed by atoms with Gasteiger partial charge in [0.05, 0.1) is 18.6 Å². The number of hydrogen-bond donors (Lipinski definition) is 1. The summed E-state index contributed by atoms with van der Waals surface area (Å²) in [5.74, 6) is -2.30. The van der Waals surface area contributed by atoms with E-state index in [0.29, 0.717) is 4.57 Å². The van der Waals surface area contributed by atoms with Crippen LogP contribution in [0, 0.1) is 0 Å². The molecule has 0 spiro atoms. The van der Waals surface area contributed by atoms with Crippen LogP contribution in [0.1, 0.15) is 29.4 Å². The molecule has 106 valence electrons. The Morgan fingerprint density at radius 3 is 2.53 bits per heavy atom. The number of carboxylic acid groups (broad SMARTS) is 1. The van der Waals surface area contributed by atoms with E-state index in [1.54, 1.807) is 6.92 Å². The molecule has 1 aromatic heterocycles. The Balaban J connectivity index is 2.96. The summed E-state index contributed by atoms with van der Waals surface area (Å²) in [5.41, 5.74) is -2.11. The number of aromatic nitrogens is 1. The zero-order valence-corrected chi connectivity index (χ0v) is 10.0. The van der Waals surface area contributed by atoms with Crippen molar-refractivity contribution in [2.45, 2.75) is 26.1 Å². The van der Waals surface area contributed by atoms with Gasteiger partial charge in [-0.05, 0) is 13.0 Å². The first kappa shape index (κ1) is 15.1. The zero-order valence-electron chi connectivity index (χ0n) is 10.0. The first-order valence-electron chi connectivity index (χ1n) is 5.42. The van der Waals surface area contributed by atoms with Crippen molar-refractivity contribution < 1.29 is 32.6 Å². The van der Waals surface area contributed by atoms with Crippen molar-refractivity contribution in [3.05, 3.63) is 23.5 Å². The number of halogens is 3. The molecule has 0 bridgehead atoms. The van der Waals surface area contributed by atoms with E-state index in [0.717, 1.165) is 12.3 Å². The van der Waals surface area contributed by atoms with Crippen LogP contribution in [0.15, 0.2) is 12.3 Å². The Labute approximate surface area is 106 Å². The second-order valence-corrected chi connectivity index (χ2v) is 3.63. The van der Waals surface area contributed by atoms with Crippen molar-refractivity contribution in [1.82, 2.24) is 4.57 Å². The molecule has 5 nitrogen and oxygen atoms in total. The third-order valence-electron chi connectivity index (χ3n) is 2.32. The maximum Gasteiger partial charge on any atom is 0.432 e. The highest BCUT2D eigenvalue weighted by molar-refractivity contribution is 5.89. The number of hydrogen-bond acceptors (Lipinski definition) is 3. The first-order valence-corrected chi connectivity index (χ1v) is 5.42. The molecule has 8 heteroatoms. The minimum absolute atomic E-state index is 0.136. The molecule has 0 aliphatic heterocycles. The van der Waals surface area contributed by atoms with Gasteiger partial charge in [0.1, 0.15) is 5.69 Å². The second-order valence-electron chi connectivity index (χ2n) is 3.63. The predicted octanol–water partition coefficient (Wildman–Crippen LogP) is 2.16. The van der Waals surface area contributed by atoms with Crippen LogP contribution in [0.25, 0.3) is 0 Å². The maximum absolute atomic E-state index is 12.8. The third-order valence-corrected chi connectivity index (χ3v) is 2.32. The van der Waals surface area contributed by atoms with Crippen molar-refractivity contribution in [3.8, 4) is 0 Å². The van der Waals surface area contributed by atoms with Gasteiger partial charge in [-0.2, -0.15) is 13.2 Å². The molecular formula is C11H12F3NO4. The molecule has 0 aliphatic rings. The van der Waals surface area contributed by atoms with E-state index in [1.807, 2.05) is 0 Å². The van der Waals surface area contributed by atoms with Crippen LogP contribution >= 0.6 is 0 Å². The molecule has 0 unspecified atom stereocenters. The van der Waals surface area contributed by atoms with Crippen molar-refractivity contribution in [2.75, 3.05) is 6.61 Å². The van der Waals surface area contributed by atoms with Gasteiger partial charge in [-0.15, -0.1) is 0 Å². The Morgan fingerprint density at radius 1 is 1.42 bits per heavy atom. The highest BCUT2D eigenvalue weighted by Gasteiger charge is 2.39. The Hall–Kier alpha value is -1.99. The number of ether oxygens (including phenoxy) is 1. The Kier molecular flexibility index (Phi) is 4.57. The quantitative estimate of drug-likeness (QED) is 0.838. The summed E-state index contributed by atoms with van der Waals surface area (Å²) in [4.78, 5) is 21.8. The Bertz CT molecular complexity index is 479. The summed E-state index contributed by atoms with van der Waals surface area (Å²) in [7, 11) is 0. The normalized spacial score (nSPS) is 11.4. The topological polar surface area (TPSA) is 68.5 Å². The van der Waals surface area contributed by atoms with Crippen LogP contribution in [-0.4, -0.2) is 28.2 Å². The summed E-state index contributed by atoms with van der Waals surface area (Å²) in [6.45, 7) is 1.43. The minimum Gasteiger partial charge on any atom is -0.478 e. The standard InChI is InChI=1S/C11H12F3NO4/c1-2-19-8(16)4-6-15-5-3-7(10(17)18)9(15)11(12,13)14/h3,5H,2,4,6H2,1H3,(H,17,18). The van der Waals surface area contributed by atoms with Crippen LogP contribution in [0.3, 0.4) is 0 Å². The van der Waals surface area contributed by atoms with Crippen LogP contribution in [0.4, 0.5) is 13.2 Å². The molecule has 0 saturated heterocycles. The highest BCUT2D eigenvalue weighted by Crippen LogP contribution is 2.33. The number of alkyl halides is 3. The molecular weight excluding hydrogens is 267 g/mol. The van der Waals surface area contributed by atoms with Gasteiger partial charge in [0, 0.05) is 12.7 Å². The van der Waals surface area contributed by atoms with Gasteiger partial charge in [0.25, 0.3) is 0 Å². The molecule has 19 heavy (non-hydrogen) atoms. The van der Waals surface area contributed by atoms with E-state index in [9.17, 15) is 22.8 Å². The summed E-state index contributed by atoms with van der Waals surface area (Å²) in [6.07, 6.45) is -4.07. The van der Waals surface area contributed by atoms with Crippen LogP contribution < -0.4 is 0 Å². The van der Waals surface area contributed by atoms with Crippen molar-refractivity contribution in [1.29, 1.82) is 0 Å². The van der Waals surface area contributed by atoms with Gasteiger partial charge in [-0.25, -0.2) is 4.79 Å². The highest BCUT2D eigenvalue weighted by atomic mass is 19.4. The fraction of sp³-hybridized carbons (Fsp3) is 0.455. The molecule has 0 radical (unpaired) electrons. The van der Waals surface area contributed by atoms with Gasteiger partial charge >= 0.3 is 18.1 Å². The molecule has 1 N–H and O–H groups in total. The Morgan fingerprint density at radius 2 is 2.05 bits per heavy atom. The van der Waals surface area contributed by atoms with Crippen molar-refractivity contribution in [2.24, 2.45) is 0 Å². The number of carbonyl (C=O) groups excluding carboxylic acids is 1. The van der Waals surface area contributed by atoms with Crippen LogP contribution in [0.2, 0.25) is 0 Å². The monoisotopic (exact) mass is 279 g/mol. The molecule has 0 aromatic carbocycles. The molecule has 0 fully saturated rings. The number of aryl methyl sites for hydroxylation is 1. The summed E-state index contributed by atoms with van der Waals surface area (Å²) >= 11 is 0. The number of carbonyl (C=O) groups is 2. The van der Waals surface area contributed by atoms with E-state index in [1.165, 1.54) is 0 Å². The number of nitrogens with zero attached hydrogens (tertiary/aromatic N) is 1. The predicted molar refractivity (Wildman–Crippen MR) is 57.6 cm³/mol. The molecule has 0 amide bonds. The molecule has 1 rings (SSSR count). The van der Waals surface area contributed by atoms with E-state index in [4.69, 9.17) is 5.11 Å². The summed E-state index contributed by atoms with van der Waals surface area (Å²) < 4.78 is 43.6. The van der Waals surface area contributed by atoms with E-state index < -0.39 is 29.4 Å². The van der Waals surface area contributed by atoms with Gasteiger partial charge < -0.3 is 14.4 Å². The van der Waals surface area contributed by atoms with Crippen LogP contribution in [-0.2, 0) is 22.3 Å². The van der Waals surface area contributed by atoms with E-state index in [-0.39, 0.29) is 19.6 Å². The van der Waals surface area contributed by atoms with Gasteiger partial charge in [0.15, 0.2) is 0 Å². The first-order chi connectivity index (χ1) is 8.77. The number of esters is 1. The number of rotatable bonds is 5. The van der Waals surface area contributed by atoms with E-state index in [2.05, 4.69) is 4.74 Å². The number of carboxylic acids is 1. The summed E-state index contributed by atoms with van der Waals surface area (Å²) in [5, 5.41) is 8.70. The number of aromatic carboxylic acids is 1. The fourth-order valence-corrected chi connectivity index (χ4v) is 1.59. The van der Waals surface area contributed by atoms with Gasteiger partial charge in [-0.3, -0.25) is 4.79 Å². The fourth-order valence-electron chi connectivity index (χ4n) is 1.59. The lowest BCUT2D eigenvalue weighted by Gasteiger charge is -2.12. The molecule has 0 atom stereocenters. The lowest BCUT2D eigenvalue weighted by molar-refractivity contribution is -0.147. The summed E-state index contributed by atoms with van der Waals surface area (Å²) in [6, 6.07) is 0.857. The lowest BCUT2D eigenvalue weighted by atomic mass is 10.2. The molecule has 0 saturated carbocycles. The maximum atomic E-state index is 12.8. The average molecular weight is 279 g/mol. The zero-order chi connectivity index (χ0) is 14.6. The SMILES string of the molecule is CCOC(=O)CCn1ccc(C(=O)O)c1C(F)(F)F. The molecule has 0 aliphatic carbocycles.